The number of aromatic nitrogens is 3. The lowest BCUT2D eigenvalue weighted by Gasteiger charge is -2.26. The predicted octanol–water partition coefficient (Wildman–Crippen LogP) is 2.03. The van der Waals surface area contributed by atoms with Crippen molar-refractivity contribution in [2.24, 2.45) is 0 Å². The molecule has 0 spiro atoms. The summed E-state index contributed by atoms with van der Waals surface area (Å²) >= 11 is 1.61. The van der Waals surface area contributed by atoms with Gasteiger partial charge in [-0.1, -0.05) is 11.8 Å². The second-order valence-electron chi connectivity index (χ2n) is 4.66. The Kier molecular flexibility index (Phi) is 6.32. The summed E-state index contributed by atoms with van der Waals surface area (Å²) < 4.78 is 5.07. The first-order valence-electron chi connectivity index (χ1n) is 7.20. The molecule has 0 bridgehead atoms. The molecule has 6 nitrogen and oxygen atoms in total. The number of nitrogens with one attached hydrogen (secondary N) is 1. The van der Waals surface area contributed by atoms with Gasteiger partial charge in [-0.3, -0.25) is 0 Å². The number of piperidine rings is 1. The summed E-state index contributed by atoms with van der Waals surface area (Å²) in [6, 6.07) is 0. The standard InChI is InChI=1S/C13H23N5OS/c1-3-14-11-15-12(18-7-5-4-6-8-18)17-13(16-11)20-10-9-19-2/h3-10H2,1-2H3,(H,14,15,16,17). The Hall–Kier alpha value is -1.08. The van der Waals surface area contributed by atoms with E-state index >= 15 is 0 Å². The van der Waals surface area contributed by atoms with Gasteiger partial charge in [0.15, 0.2) is 5.16 Å². The molecule has 112 valence electrons. The number of methoxy groups -OCH3 is 1. The Morgan fingerprint density at radius 2 is 2.00 bits per heavy atom. The van der Waals surface area contributed by atoms with E-state index in [0.717, 1.165) is 36.5 Å². The summed E-state index contributed by atoms with van der Waals surface area (Å²) in [7, 11) is 1.71. The van der Waals surface area contributed by atoms with Crippen molar-refractivity contribution in [3.63, 3.8) is 0 Å². The zero-order valence-corrected chi connectivity index (χ0v) is 13.1. The van der Waals surface area contributed by atoms with Crippen LogP contribution in [0.5, 0.6) is 0 Å². The van der Waals surface area contributed by atoms with Crippen LogP contribution in [0.2, 0.25) is 0 Å². The van der Waals surface area contributed by atoms with Crippen molar-refractivity contribution in [3.05, 3.63) is 0 Å². The van der Waals surface area contributed by atoms with Gasteiger partial charge in [0.2, 0.25) is 11.9 Å². The van der Waals surface area contributed by atoms with Crippen LogP contribution in [-0.4, -0.2) is 54.1 Å². The number of rotatable bonds is 7. The number of anilines is 2. The van der Waals surface area contributed by atoms with Crippen molar-refractivity contribution in [2.45, 2.75) is 31.3 Å². The minimum Gasteiger partial charge on any atom is -0.384 e. The lowest BCUT2D eigenvalue weighted by Crippen LogP contribution is -2.31. The fraction of sp³-hybridized carbons (Fsp3) is 0.769. The van der Waals surface area contributed by atoms with Crippen LogP contribution < -0.4 is 10.2 Å². The van der Waals surface area contributed by atoms with Crippen LogP contribution >= 0.6 is 11.8 Å². The first-order valence-corrected chi connectivity index (χ1v) is 8.18. The topological polar surface area (TPSA) is 63.2 Å². The third-order valence-corrected chi connectivity index (χ3v) is 3.91. The summed E-state index contributed by atoms with van der Waals surface area (Å²) in [4.78, 5) is 15.8. The van der Waals surface area contributed by atoms with E-state index in [2.05, 4.69) is 25.2 Å². The molecule has 20 heavy (non-hydrogen) atoms. The van der Waals surface area contributed by atoms with E-state index in [0.29, 0.717) is 12.6 Å². The molecule has 0 amide bonds. The molecule has 1 N–H and O–H groups in total. The minimum absolute atomic E-state index is 0.669. The molecule has 1 aromatic rings. The fourth-order valence-electron chi connectivity index (χ4n) is 2.10. The molecule has 0 radical (unpaired) electrons. The molecule has 1 aromatic heterocycles. The lowest BCUT2D eigenvalue weighted by atomic mass is 10.1. The average Bonchev–Trinajstić information content (AvgIpc) is 2.49. The Bertz CT molecular complexity index is 412. The van der Waals surface area contributed by atoms with Crippen molar-refractivity contribution in [3.8, 4) is 0 Å². The van der Waals surface area contributed by atoms with E-state index in [-0.39, 0.29) is 0 Å². The number of thioether (sulfide) groups is 1. The predicted molar refractivity (Wildman–Crippen MR) is 82.7 cm³/mol. The van der Waals surface area contributed by atoms with Crippen molar-refractivity contribution in [2.75, 3.05) is 49.3 Å². The van der Waals surface area contributed by atoms with Crippen molar-refractivity contribution >= 4 is 23.7 Å². The molecule has 0 unspecified atom stereocenters. The molecule has 0 saturated carbocycles. The molecule has 1 saturated heterocycles. The van der Waals surface area contributed by atoms with Crippen LogP contribution in [0, 0.1) is 0 Å². The number of ether oxygens (including phenoxy) is 1. The molecule has 1 fully saturated rings. The largest absolute Gasteiger partial charge is 0.384 e. The van der Waals surface area contributed by atoms with E-state index in [9.17, 15) is 0 Å². The van der Waals surface area contributed by atoms with Crippen LogP contribution in [-0.2, 0) is 4.74 Å². The smallest absolute Gasteiger partial charge is 0.231 e. The Morgan fingerprint density at radius 1 is 1.20 bits per heavy atom. The highest BCUT2D eigenvalue weighted by Gasteiger charge is 2.16. The van der Waals surface area contributed by atoms with Crippen molar-refractivity contribution in [1.82, 2.24) is 15.0 Å². The summed E-state index contributed by atoms with van der Waals surface area (Å²) in [5.74, 6) is 2.32. The van der Waals surface area contributed by atoms with Gasteiger partial charge >= 0.3 is 0 Å². The monoisotopic (exact) mass is 297 g/mol. The molecule has 2 rings (SSSR count). The van der Waals surface area contributed by atoms with Gasteiger partial charge in [0.1, 0.15) is 0 Å². The molecule has 0 atom stereocenters. The minimum atomic E-state index is 0.669. The Labute approximate surface area is 124 Å². The highest BCUT2D eigenvalue weighted by atomic mass is 32.2. The van der Waals surface area contributed by atoms with Crippen molar-refractivity contribution in [1.29, 1.82) is 0 Å². The average molecular weight is 297 g/mol. The van der Waals surface area contributed by atoms with E-state index in [1.165, 1.54) is 19.3 Å². The highest BCUT2D eigenvalue weighted by molar-refractivity contribution is 7.99. The van der Waals surface area contributed by atoms with Crippen LogP contribution in [0.25, 0.3) is 0 Å². The normalized spacial score (nSPS) is 15.4. The van der Waals surface area contributed by atoms with E-state index in [1.807, 2.05) is 6.92 Å². The molecule has 0 aromatic carbocycles. The number of hydrogen-bond donors (Lipinski definition) is 1. The van der Waals surface area contributed by atoms with Gasteiger partial charge in [0.25, 0.3) is 0 Å². The van der Waals surface area contributed by atoms with E-state index in [4.69, 9.17) is 4.74 Å². The van der Waals surface area contributed by atoms with Crippen LogP contribution in [0.3, 0.4) is 0 Å². The molecule has 0 aliphatic carbocycles. The first-order chi connectivity index (χ1) is 9.83. The van der Waals surface area contributed by atoms with Gasteiger partial charge < -0.3 is 15.0 Å². The molecular formula is C13H23N5OS. The molecule has 1 aliphatic heterocycles. The molecular weight excluding hydrogens is 274 g/mol. The lowest BCUT2D eigenvalue weighted by molar-refractivity contribution is 0.218. The number of nitrogens with zero attached hydrogens (tertiary/aromatic N) is 4. The summed E-state index contributed by atoms with van der Waals surface area (Å²) in [6.45, 7) is 5.63. The van der Waals surface area contributed by atoms with E-state index in [1.54, 1.807) is 18.9 Å². The third kappa shape index (κ3) is 4.49. The van der Waals surface area contributed by atoms with Crippen molar-refractivity contribution < 1.29 is 4.74 Å². The van der Waals surface area contributed by atoms with Gasteiger partial charge in [0, 0.05) is 32.5 Å². The molecule has 7 heteroatoms. The van der Waals surface area contributed by atoms with Gasteiger partial charge in [-0.2, -0.15) is 15.0 Å². The summed E-state index contributed by atoms with van der Waals surface area (Å²) in [5, 5.41) is 3.96. The fourth-order valence-corrected chi connectivity index (χ4v) is 2.83. The first kappa shape index (κ1) is 15.3. The Morgan fingerprint density at radius 3 is 2.70 bits per heavy atom. The Balaban J connectivity index is 2.11. The van der Waals surface area contributed by atoms with Crippen LogP contribution in [0.15, 0.2) is 5.16 Å². The third-order valence-electron chi connectivity index (χ3n) is 3.10. The second kappa shape index (κ2) is 8.26. The number of hydrogen-bond acceptors (Lipinski definition) is 7. The van der Waals surface area contributed by atoms with Crippen LogP contribution in [0.1, 0.15) is 26.2 Å². The quantitative estimate of drug-likeness (QED) is 0.610. The summed E-state index contributed by atoms with van der Waals surface area (Å²) in [6.07, 6.45) is 3.74. The van der Waals surface area contributed by atoms with Gasteiger partial charge in [0.05, 0.1) is 6.61 Å². The SMILES string of the molecule is CCNc1nc(SCCOC)nc(N2CCCCC2)n1. The maximum atomic E-state index is 5.07. The van der Waals surface area contributed by atoms with Gasteiger partial charge in [-0.05, 0) is 26.2 Å². The highest BCUT2D eigenvalue weighted by Crippen LogP contribution is 2.21. The zero-order valence-electron chi connectivity index (χ0n) is 12.3. The zero-order chi connectivity index (χ0) is 14.2. The van der Waals surface area contributed by atoms with Gasteiger partial charge in [-0.15, -0.1) is 0 Å². The van der Waals surface area contributed by atoms with Gasteiger partial charge in [-0.25, -0.2) is 0 Å². The molecule has 1 aliphatic rings. The van der Waals surface area contributed by atoms with E-state index < -0.39 is 0 Å². The maximum absolute atomic E-state index is 5.07. The van der Waals surface area contributed by atoms with Crippen LogP contribution in [0.4, 0.5) is 11.9 Å². The maximum Gasteiger partial charge on any atom is 0.231 e. The summed E-state index contributed by atoms with van der Waals surface area (Å²) in [5.41, 5.74) is 0. The second-order valence-corrected chi connectivity index (χ2v) is 5.72. The molecule has 2 heterocycles.